The normalized spacial score (nSPS) is 12.0. The molecule has 0 aliphatic rings. The number of nitrogens with one attached hydrogen (secondary N) is 1. The van der Waals surface area contributed by atoms with E-state index in [2.05, 4.69) is 37.2 Å². The Morgan fingerprint density at radius 2 is 1.89 bits per heavy atom. The van der Waals surface area contributed by atoms with E-state index >= 15 is 0 Å². The summed E-state index contributed by atoms with van der Waals surface area (Å²) in [5.41, 5.74) is 3.61. The van der Waals surface area contributed by atoms with Crippen molar-refractivity contribution < 1.29 is 9.53 Å². The predicted molar refractivity (Wildman–Crippen MR) is 110 cm³/mol. The molecule has 0 radical (unpaired) electrons. The number of alkyl carbamates (subject to hydrolysis) is 1. The largest absolute Gasteiger partial charge is 0.445 e. The molecule has 1 amide bonds. The zero-order valence-corrected chi connectivity index (χ0v) is 16.1. The van der Waals surface area contributed by atoms with Crippen LogP contribution in [0.15, 0.2) is 60.2 Å². The Hall–Kier alpha value is -3.00. The van der Waals surface area contributed by atoms with E-state index in [1.807, 2.05) is 42.5 Å². The van der Waals surface area contributed by atoms with Gasteiger partial charge in [0.2, 0.25) is 0 Å². The summed E-state index contributed by atoms with van der Waals surface area (Å²) in [6, 6.07) is 19.8. The van der Waals surface area contributed by atoms with Crippen molar-refractivity contribution in [2.24, 2.45) is 0 Å². The molecular weight excluding hydrogens is 335 g/mol. The maximum absolute atomic E-state index is 12.2. The summed E-state index contributed by atoms with van der Waals surface area (Å²) in [5.74, 6) is 0.00689. The maximum atomic E-state index is 12.2. The molecule has 1 atom stereocenters. The second-order valence-corrected chi connectivity index (χ2v) is 6.94. The molecule has 0 aliphatic heterocycles. The van der Waals surface area contributed by atoms with E-state index in [9.17, 15) is 4.79 Å². The molecule has 0 aromatic heterocycles. The first-order chi connectivity index (χ1) is 13.0. The summed E-state index contributed by atoms with van der Waals surface area (Å²) in [7, 11) is 0. The van der Waals surface area contributed by atoms with Gasteiger partial charge in [0.25, 0.3) is 0 Å². The molecule has 0 aliphatic carbocycles. The highest BCUT2D eigenvalue weighted by molar-refractivity contribution is 6.57. The van der Waals surface area contributed by atoms with Crippen LogP contribution in [0.3, 0.4) is 0 Å². The molecule has 138 valence electrons. The maximum Gasteiger partial charge on any atom is 0.407 e. The fourth-order valence-corrected chi connectivity index (χ4v) is 2.72. The van der Waals surface area contributed by atoms with Gasteiger partial charge in [-0.1, -0.05) is 62.2 Å². The van der Waals surface area contributed by atoms with Crippen LogP contribution in [0.1, 0.15) is 23.6 Å². The third kappa shape index (κ3) is 7.03. The number of nitrogens with zero attached hydrogens (tertiary/aromatic N) is 1. The molecule has 0 fully saturated rings. The minimum absolute atomic E-state index is 0.00689. The lowest BCUT2D eigenvalue weighted by molar-refractivity contribution is 0.138. The molecule has 2 rings (SSSR count). The summed E-state index contributed by atoms with van der Waals surface area (Å²) < 4.78 is 5.40. The number of rotatable bonds is 7. The van der Waals surface area contributed by atoms with E-state index in [4.69, 9.17) is 10.00 Å². The molecule has 0 bridgehead atoms. The minimum Gasteiger partial charge on any atom is -0.445 e. The van der Waals surface area contributed by atoms with Crippen LogP contribution in [0.25, 0.3) is 6.08 Å². The number of hydrogen-bond acceptors (Lipinski definition) is 3. The van der Waals surface area contributed by atoms with Crippen LogP contribution in [0, 0.1) is 11.3 Å². The van der Waals surface area contributed by atoms with Gasteiger partial charge < -0.3 is 10.1 Å². The minimum atomic E-state index is -0.418. The zero-order valence-electron chi connectivity index (χ0n) is 16.1. The molecule has 2 aromatic rings. The molecule has 1 unspecified atom stereocenters. The van der Waals surface area contributed by atoms with Gasteiger partial charge in [-0.15, -0.1) is 0 Å². The van der Waals surface area contributed by atoms with Gasteiger partial charge in [0.05, 0.1) is 6.07 Å². The molecule has 27 heavy (non-hydrogen) atoms. The molecule has 0 heterocycles. The molecular formula is C22H25BN2O2. The molecule has 5 heteroatoms. The first-order valence-corrected chi connectivity index (χ1v) is 9.12. The van der Waals surface area contributed by atoms with Crippen molar-refractivity contribution in [2.45, 2.75) is 39.5 Å². The van der Waals surface area contributed by atoms with Crippen molar-refractivity contribution in [3.8, 4) is 6.07 Å². The number of allylic oxidation sites excluding steroid dienone is 1. The Kier molecular flexibility index (Phi) is 7.70. The average Bonchev–Trinajstić information content (AvgIpc) is 2.67. The number of amides is 1. The molecule has 2 aromatic carbocycles. The molecule has 0 spiro atoms. The second-order valence-electron chi connectivity index (χ2n) is 6.94. The van der Waals surface area contributed by atoms with Crippen LogP contribution in [0.5, 0.6) is 0 Å². The topological polar surface area (TPSA) is 62.1 Å². The third-order valence-electron chi connectivity index (χ3n) is 4.29. The number of carbonyl (C=O) groups is 1. The predicted octanol–water partition coefficient (Wildman–Crippen LogP) is 4.74. The standard InChI is InChI=1S/C22H25BN2O2/c1-17(15-24)12-19-10-7-11-20(13-19)16-27-22(26)25-21(23(2)3)14-18-8-5-4-6-9-18/h4-13,21H,14,16H2,1-3H3,(H,25,26). The van der Waals surface area contributed by atoms with Gasteiger partial charge in [0.1, 0.15) is 6.61 Å². The van der Waals surface area contributed by atoms with Crippen molar-refractivity contribution >= 4 is 18.9 Å². The fraction of sp³-hybridized carbons (Fsp3) is 0.273. The monoisotopic (exact) mass is 360 g/mol. The van der Waals surface area contributed by atoms with Crippen LogP contribution in [0.2, 0.25) is 13.6 Å². The number of ether oxygens (including phenoxy) is 1. The van der Waals surface area contributed by atoms with Crippen LogP contribution in [0.4, 0.5) is 4.79 Å². The fourth-order valence-electron chi connectivity index (χ4n) is 2.72. The zero-order chi connectivity index (χ0) is 19.6. The third-order valence-corrected chi connectivity index (χ3v) is 4.29. The highest BCUT2D eigenvalue weighted by Gasteiger charge is 2.19. The Bertz CT molecular complexity index is 826. The lowest BCUT2D eigenvalue weighted by atomic mass is 9.47. The van der Waals surface area contributed by atoms with Crippen LogP contribution < -0.4 is 5.32 Å². The Labute approximate surface area is 161 Å². The van der Waals surface area contributed by atoms with Gasteiger partial charge in [-0.3, -0.25) is 0 Å². The first-order valence-electron chi connectivity index (χ1n) is 9.12. The van der Waals surface area contributed by atoms with Crippen molar-refractivity contribution in [2.75, 3.05) is 0 Å². The van der Waals surface area contributed by atoms with E-state index in [1.54, 1.807) is 13.0 Å². The smallest absolute Gasteiger partial charge is 0.407 e. The number of hydrogen-bond donors (Lipinski definition) is 1. The summed E-state index contributed by atoms with van der Waals surface area (Å²) in [6.45, 7) is 6.41. The van der Waals surface area contributed by atoms with Crippen molar-refractivity contribution in [3.63, 3.8) is 0 Å². The SMILES string of the molecule is CB(C)C(Cc1ccccc1)NC(=O)OCc1cccc(C=C(C)C#N)c1. The van der Waals surface area contributed by atoms with Crippen molar-refractivity contribution in [3.05, 3.63) is 76.9 Å². The first kappa shape index (κ1) is 20.3. The van der Waals surface area contributed by atoms with Crippen molar-refractivity contribution in [1.82, 2.24) is 5.32 Å². The van der Waals surface area contributed by atoms with Gasteiger partial charge in [-0.2, -0.15) is 5.26 Å². The summed E-state index contributed by atoms with van der Waals surface area (Å²) in [5, 5.41) is 11.9. The van der Waals surface area contributed by atoms with Crippen LogP contribution in [-0.2, 0) is 17.8 Å². The molecule has 4 nitrogen and oxygen atoms in total. The lowest BCUT2D eigenvalue weighted by Gasteiger charge is -2.20. The molecule has 0 saturated carbocycles. The summed E-state index contributed by atoms with van der Waals surface area (Å²) in [4.78, 5) is 12.2. The number of nitriles is 1. The van der Waals surface area contributed by atoms with Gasteiger partial charge in [0.15, 0.2) is 6.71 Å². The number of carbonyl (C=O) groups excluding carboxylic acids is 1. The Morgan fingerprint density at radius 1 is 1.19 bits per heavy atom. The quantitative estimate of drug-likeness (QED) is 0.573. The van der Waals surface area contributed by atoms with E-state index in [-0.39, 0.29) is 12.5 Å². The molecule has 1 N–H and O–H groups in total. The average molecular weight is 360 g/mol. The summed E-state index contributed by atoms with van der Waals surface area (Å²) in [6.07, 6.45) is 2.15. The van der Waals surface area contributed by atoms with Gasteiger partial charge in [-0.25, -0.2) is 4.79 Å². The van der Waals surface area contributed by atoms with Crippen molar-refractivity contribution in [1.29, 1.82) is 5.26 Å². The van der Waals surface area contributed by atoms with E-state index in [0.717, 1.165) is 17.5 Å². The van der Waals surface area contributed by atoms with E-state index in [1.165, 1.54) is 5.56 Å². The van der Waals surface area contributed by atoms with Gasteiger partial charge in [-0.05, 0) is 42.2 Å². The summed E-state index contributed by atoms with van der Waals surface area (Å²) >= 11 is 0. The van der Waals surface area contributed by atoms with Gasteiger partial charge >= 0.3 is 6.09 Å². The highest BCUT2D eigenvalue weighted by atomic mass is 16.5. The highest BCUT2D eigenvalue weighted by Crippen LogP contribution is 2.11. The van der Waals surface area contributed by atoms with E-state index in [0.29, 0.717) is 12.3 Å². The van der Waals surface area contributed by atoms with Crippen LogP contribution >= 0.6 is 0 Å². The van der Waals surface area contributed by atoms with Crippen LogP contribution in [-0.4, -0.2) is 18.7 Å². The lowest BCUT2D eigenvalue weighted by Crippen LogP contribution is -2.45. The Morgan fingerprint density at radius 3 is 2.56 bits per heavy atom. The Balaban J connectivity index is 1.92. The number of benzene rings is 2. The molecule has 0 saturated heterocycles. The second kappa shape index (κ2) is 10.2. The van der Waals surface area contributed by atoms with Gasteiger partial charge in [0, 0.05) is 11.5 Å². The van der Waals surface area contributed by atoms with E-state index < -0.39 is 6.09 Å².